The van der Waals surface area contributed by atoms with Crippen LogP contribution in [0.1, 0.15) is 206 Å². The zero-order chi connectivity index (χ0) is 49.9. The minimum atomic E-state index is -4.40. The van der Waals surface area contributed by atoms with Gasteiger partial charge >= 0.3 is 19.8 Å². The number of ether oxygens (including phenoxy) is 2. The van der Waals surface area contributed by atoms with Crippen LogP contribution in [0, 0.1) is 0 Å². The van der Waals surface area contributed by atoms with Crippen molar-refractivity contribution in [2.45, 2.75) is 213 Å². The molecule has 0 fully saturated rings. The van der Waals surface area contributed by atoms with Crippen LogP contribution in [0.2, 0.25) is 0 Å². The highest BCUT2D eigenvalue weighted by atomic mass is 31.2. The molecule has 68 heavy (non-hydrogen) atoms. The Balaban J connectivity index is 4.29. The molecule has 9 nitrogen and oxygen atoms in total. The SMILES string of the molecule is CC/C=C\C/C=C\C/C=C\C/C=C\C/C=C\C/C=C\CCCCCCCCC(=O)OC(COC(=O)CCCCCCCCCCC/C=C\C/C=C\CCCCC)COP(=O)(O)OCC[N+](C)(C)C. The van der Waals surface area contributed by atoms with Crippen LogP contribution in [0.5, 0.6) is 0 Å². The van der Waals surface area contributed by atoms with Gasteiger partial charge < -0.3 is 18.9 Å². The fourth-order valence-corrected chi connectivity index (χ4v) is 7.67. The van der Waals surface area contributed by atoms with Crippen molar-refractivity contribution in [1.82, 2.24) is 0 Å². The van der Waals surface area contributed by atoms with Crippen LogP contribution in [0.4, 0.5) is 0 Å². The number of quaternary nitrogens is 1. The Morgan fingerprint density at radius 2 is 0.838 bits per heavy atom. The van der Waals surface area contributed by atoms with E-state index in [4.69, 9.17) is 18.5 Å². The summed E-state index contributed by atoms with van der Waals surface area (Å²) in [5.74, 6) is -0.824. The molecule has 0 aromatic heterocycles. The average molecular weight is 971 g/mol. The number of hydrogen-bond acceptors (Lipinski definition) is 7. The highest BCUT2D eigenvalue weighted by molar-refractivity contribution is 7.47. The lowest BCUT2D eigenvalue weighted by Gasteiger charge is -2.24. The Morgan fingerprint density at radius 1 is 0.471 bits per heavy atom. The Bertz CT molecular complexity index is 1470. The summed E-state index contributed by atoms with van der Waals surface area (Å²) in [6, 6.07) is 0. The molecule has 0 aliphatic rings. The fraction of sp³-hybridized carbons (Fsp3) is 0.690. The topological polar surface area (TPSA) is 108 Å². The van der Waals surface area contributed by atoms with Gasteiger partial charge in [0.15, 0.2) is 6.10 Å². The number of carbonyl (C=O) groups excluding carboxylic acids is 2. The Labute approximate surface area is 417 Å². The highest BCUT2D eigenvalue weighted by Gasteiger charge is 2.27. The second kappa shape index (κ2) is 48.9. The summed E-state index contributed by atoms with van der Waals surface area (Å²) in [5.41, 5.74) is 0. The van der Waals surface area contributed by atoms with Crippen LogP contribution in [0.3, 0.4) is 0 Å². The maximum Gasteiger partial charge on any atom is 0.472 e. The number of phosphoric acid groups is 1. The Morgan fingerprint density at radius 3 is 1.25 bits per heavy atom. The predicted molar refractivity (Wildman–Crippen MR) is 288 cm³/mol. The van der Waals surface area contributed by atoms with Gasteiger partial charge in [0.1, 0.15) is 19.8 Å². The van der Waals surface area contributed by atoms with E-state index in [0.717, 1.165) is 116 Å². The van der Waals surface area contributed by atoms with E-state index in [1.165, 1.54) is 57.8 Å². The fourth-order valence-electron chi connectivity index (χ4n) is 6.93. The van der Waals surface area contributed by atoms with Gasteiger partial charge in [0.2, 0.25) is 0 Å². The number of unbranched alkanes of at least 4 members (excludes halogenated alkanes) is 18. The van der Waals surface area contributed by atoms with E-state index in [1.807, 2.05) is 21.1 Å². The number of esters is 2. The molecule has 10 heteroatoms. The molecule has 0 bridgehead atoms. The molecule has 0 radical (unpaired) electrons. The van der Waals surface area contributed by atoms with E-state index in [-0.39, 0.29) is 32.0 Å². The molecule has 0 aromatic rings. The lowest BCUT2D eigenvalue weighted by Crippen LogP contribution is -2.37. The van der Waals surface area contributed by atoms with Gasteiger partial charge in [-0.15, -0.1) is 0 Å². The van der Waals surface area contributed by atoms with Crippen molar-refractivity contribution < 1.29 is 42.1 Å². The standard InChI is InChI=1S/C58H100NO8P/c1-6-8-10-12-14-16-18-20-22-24-26-27-28-29-30-31-33-35-37-39-41-43-45-47-49-51-58(61)67-56(55-66-68(62,63)65-53-52-59(3,4)5)54-64-57(60)50-48-46-44-42-40-38-36-34-32-25-23-21-19-17-15-13-11-9-7-2/h8,10,14-17,20-23,26-27,29-30,33,35,56H,6-7,9,11-13,18-19,24-25,28,31-32,34,36-55H2,1-5H3/p+1/b10-8-,16-14-,17-15-,22-20-,23-21-,27-26-,30-29-,35-33-. The van der Waals surface area contributed by atoms with Gasteiger partial charge in [0.05, 0.1) is 27.7 Å². The molecule has 2 unspecified atom stereocenters. The number of phosphoric ester groups is 1. The van der Waals surface area contributed by atoms with Crippen LogP contribution < -0.4 is 0 Å². The number of carbonyl (C=O) groups is 2. The molecule has 0 aliphatic heterocycles. The molecule has 0 heterocycles. The first-order valence-corrected chi connectivity index (χ1v) is 28.5. The van der Waals surface area contributed by atoms with Crippen molar-refractivity contribution in [3.8, 4) is 0 Å². The van der Waals surface area contributed by atoms with Gasteiger partial charge in [0.25, 0.3) is 0 Å². The molecule has 1 N–H and O–H groups in total. The molecular weight excluding hydrogens is 870 g/mol. The van der Waals surface area contributed by atoms with E-state index in [1.54, 1.807) is 0 Å². The van der Waals surface area contributed by atoms with E-state index >= 15 is 0 Å². The zero-order valence-corrected chi connectivity index (χ0v) is 45.0. The third kappa shape index (κ3) is 52.3. The van der Waals surface area contributed by atoms with Gasteiger partial charge in [-0.3, -0.25) is 18.6 Å². The van der Waals surface area contributed by atoms with Crippen LogP contribution in [0.15, 0.2) is 97.2 Å². The normalized spacial score (nSPS) is 14.1. The smallest absolute Gasteiger partial charge is 0.462 e. The molecule has 0 rings (SSSR count). The summed E-state index contributed by atoms with van der Waals surface area (Å²) >= 11 is 0. The van der Waals surface area contributed by atoms with Gasteiger partial charge in [0, 0.05) is 12.8 Å². The van der Waals surface area contributed by atoms with Crippen molar-refractivity contribution in [3.63, 3.8) is 0 Å². The second-order valence-electron chi connectivity index (χ2n) is 18.9. The summed E-state index contributed by atoms with van der Waals surface area (Å²) in [5, 5.41) is 0. The minimum absolute atomic E-state index is 0.0226. The summed E-state index contributed by atoms with van der Waals surface area (Å²) < 4.78 is 34.5. The van der Waals surface area contributed by atoms with Crippen LogP contribution in [-0.2, 0) is 32.7 Å². The summed E-state index contributed by atoms with van der Waals surface area (Å²) in [7, 11) is 1.45. The van der Waals surface area contributed by atoms with Gasteiger partial charge in [-0.25, -0.2) is 4.57 Å². The van der Waals surface area contributed by atoms with Crippen molar-refractivity contribution in [2.24, 2.45) is 0 Å². The van der Waals surface area contributed by atoms with Crippen molar-refractivity contribution >= 4 is 19.8 Å². The van der Waals surface area contributed by atoms with Gasteiger partial charge in [-0.1, -0.05) is 195 Å². The van der Waals surface area contributed by atoms with Crippen molar-refractivity contribution in [1.29, 1.82) is 0 Å². The second-order valence-corrected chi connectivity index (χ2v) is 20.3. The van der Waals surface area contributed by atoms with Gasteiger partial charge in [-0.05, 0) is 96.3 Å². The lowest BCUT2D eigenvalue weighted by molar-refractivity contribution is -0.870. The molecule has 0 aliphatic carbocycles. The number of hydrogen-bond donors (Lipinski definition) is 1. The van der Waals surface area contributed by atoms with E-state index in [2.05, 4.69) is 111 Å². The molecule has 0 spiro atoms. The maximum absolute atomic E-state index is 12.8. The molecule has 0 aromatic carbocycles. The first-order chi connectivity index (χ1) is 33.0. The quantitative estimate of drug-likeness (QED) is 0.0211. The number of nitrogens with zero attached hydrogens (tertiary/aromatic N) is 1. The van der Waals surface area contributed by atoms with E-state index in [9.17, 15) is 19.0 Å². The molecule has 0 saturated heterocycles. The molecule has 390 valence electrons. The summed E-state index contributed by atoms with van der Waals surface area (Å²) in [6.45, 7) is 4.26. The first-order valence-electron chi connectivity index (χ1n) is 27.0. The van der Waals surface area contributed by atoms with E-state index < -0.39 is 26.5 Å². The van der Waals surface area contributed by atoms with Crippen LogP contribution in [-0.4, -0.2) is 74.9 Å². The Hall–Kier alpha value is -3.07. The highest BCUT2D eigenvalue weighted by Crippen LogP contribution is 2.43. The third-order valence-electron chi connectivity index (χ3n) is 11.1. The largest absolute Gasteiger partial charge is 0.472 e. The molecule has 2 atom stereocenters. The number of allylic oxidation sites excluding steroid dienone is 16. The number of likely N-dealkylation sites (N-methyl/N-ethyl adjacent to an activating group) is 1. The minimum Gasteiger partial charge on any atom is -0.462 e. The molecule has 0 saturated carbocycles. The van der Waals surface area contributed by atoms with Crippen molar-refractivity contribution in [3.05, 3.63) is 97.2 Å². The number of rotatable bonds is 48. The average Bonchev–Trinajstić information content (AvgIpc) is 3.30. The summed E-state index contributed by atoms with van der Waals surface area (Å²) in [4.78, 5) is 35.6. The predicted octanol–water partition coefficient (Wildman–Crippen LogP) is 16.5. The maximum atomic E-state index is 12.8. The zero-order valence-electron chi connectivity index (χ0n) is 44.1. The first kappa shape index (κ1) is 64.9. The molecular formula is C58H101NO8P+. The third-order valence-corrected chi connectivity index (χ3v) is 12.1. The van der Waals surface area contributed by atoms with Gasteiger partial charge in [-0.2, -0.15) is 0 Å². The lowest BCUT2D eigenvalue weighted by atomic mass is 10.1. The monoisotopic (exact) mass is 971 g/mol. The Kier molecular flexibility index (Phi) is 46.7. The van der Waals surface area contributed by atoms with Crippen molar-refractivity contribution in [2.75, 3.05) is 47.5 Å². The van der Waals surface area contributed by atoms with Crippen LogP contribution >= 0.6 is 7.82 Å². The van der Waals surface area contributed by atoms with Crippen LogP contribution in [0.25, 0.3) is 0 Å². The summed E-state index contributed by atoms with van der Waals surface area (Å²) in [6.07, 6.45) is 66.0. The van der Waals surface area contributed by atoms with E-state index in [0.29, 0.717) is 17.4 Å². The molecule has 0 amide bonds.